The largest absolute Gasteiger partial charge is 0.323 e. The van der Waals surface area contributed by atoms with Crippen molar-refractivity contribution in [3.8, 4) is 0 Å². The molecule has 2 heteroatoms. The molecule has 1 aliphatic carbocycles. The lowest BCUT2D eigenvalue weighted by Gasteiger charge is -2.43. The van der Waals surface area contributed by atoms with Crippen LogP contribution in [-0.4, -0.2) is 5.71 Å². The Morgan fingerprint density at radius 2 is 2.13 bits per heavy atom. The van der Waals surface area contributed by atoms with Crippen LogP contribution in [0.15, 0.2) is 5.10 Å². The van der Waals surface area contributed by atoms with Gasteiger partial charge in [0.25, 0.3) is 0 Å². The lowest BCUT2D eigenvalue weighted by Crippen LogP contribution is -2.33. The van der Waals surface area contributed by atoms with Gasteiger partial charge in [-0.25, -0.2) is 0 Å². The Kier molecular flexibility index (Phi) is 4.18. The first-order chi connectivity index (χ1) is 6.97. The van der Waals surface area contributed by atoms with E-state index >= 15 is 0 Å². The van der Waals surface area contributed by atoms with Crippen molar-refractivity contribution in [3.05, 3.63) is 0 Å². The first-order valence-corrected chi connectivity index (χ1v) is 6.20. The molecule has 0 aromatic heterocycles. The van der Waals surface area contributed by atoms with Crippen molar-refractivity contribution < 1.29 is 0 Å². The van der Waals surface area contributed by atoms with Crippen LogP contribution in [0, 0.1) is 17.3 Å². The second kappa shape index (κ2) is 5.00. The molecule has 1 fully saturated rings. The van der Waals surface area contributed by atoms with Crippen LogP contribution in [0.2, 0.25) is 0 Å². The first-order valence-electron chi connectivity index (χ1n) is 6.20. The van der Waals surface area contributed by atoms with Crippen molar-refractivity contribution in [2.24, 2.45) is 28.2 Å². The first kappa shape index (κ1) is 12.5. The van der Waals surface area contributed by atoms with Crippen LogP contribution in [0.5, 0.6) is 0 Å². The Balaban J connectivity index is 2.56. The lowest BCUT2D eigenvalue weighted by molar-refractivity contribution is 0.0782. The van der Waals surface area contributed by atoms with Gasteiger partial charge in [0.2, 0.25) is 0 Å². The van der Waals surface area contributed by atoms with E-state index < -0.39 is 0 Å². The molecular weight excluding hydrogens is 184 g/mol. The van der Waals surface area contributed by atoms with Gasteiger partial charge in [-0.05, 0) is 43.4 Å². The number of hydrazone groups is 1. The predicted octanol–water partition coefficient (Wildman–Crippen LogP) is 3.56. The molecule has 88 valence electrons. The third-order valence-electron chi connectivity index (χ3n) is 4.21. The molecule has 1 aliphatic rings. The van der Waals surface area contributed by atoms with Crippen LogP contribution in [0.1, 0.15) is 59.8 Å². The third kappa shape index (κ3) is 3.22. The zero-order valence-corrected chi connectivity index (χ0v) is 10.7. The molecule has 0 saturated heterocycles. The van der Waals surface area contributed by atoms with Gasteiger partial charge in [-0.2, -0.15) is 5.10 Å². The van der Waals surface area contributed by atoms with Gasteiger partial charge in [0, 0.05) is 5.71 Å². The fraction of sp³-hybridized carbons (Fsp3) is 0.923. The van der Waals surface area contributed by atoms with E-state index in [4.69, 9.17) is 5.84 Å². The lowest BCUT2D eigenvalue weighted by atomic mass is 9.62. The Labute approximate surface area is 94.3 Å². The highest BCUT2D eigenvalue weighted by Crippen LogP contribution is 2.45. The number of hydrogen-bond acceptors (Lipinski definition) is 2. The molecule has 2 unspecified atom stereocenters. The van der Waals surface area contributed by atoms with Crippen molar-refractivity contribution in [2.45, 2.75) is 59.8 Å². The van der Waals surface area contributed by atoms with Gasteiger partial charge in [-0.3, -0.25) is 0 Å². The van der Waals surface area contributed by atoms with Crippen LogP contribution in [0.3, 0.4) is 0 Å². The van der Waals surface area contributed by atoms with E-state index in [-0.39, 0.29) is 0 Å². The van der Waals surface area contributed by atoms with E-state index in [9.17, 15) is 0 Å². The summed E-state index contributed by atoms with van der Waals surface area (Å²) < 4.78 is 0. The van der Waals surface area contributed by atoms with E-state index in [0.29, 0.717) is 5.41 Å². The summed E-state index contributed by atoms with van der Waals surface area (Å²) in [6.45, 7) is 9.27. The zero-order valence-electron chi connectivity index (χ0n) is 10.7. The molecule has 0 aromatic carbocycles. The Hall–Kier alpha value is -0.530. The topological polar surface area (TPSA) is 38.4 Å². The fourth-order valence-corrected chi connectivity index (χ4v) is 3.14. The van der Waals surface area contributed by atoms with Gasteiger partial charge >= 0.3 is 0 Å². The van der Waals surface area contributed by atoms with E-state index in [1.54, 1.807) is 0 Å². The van der Waals surface area contributed by atoms with E-state index in [1.165, 1.54) is 25.7 Å². The molecule has 0 radical (unpaired) electrons. The minimum atomic E-state index is 0.506. The Morgan fingerprint density at radius 1 is 1.47 bits per heavy atom. The van der Waals surface area contributed by atoms with Crippen LogP contribution in [0.25, 0.3) is 0 Å². The van der Waals surface area contributed by atoms with E-state index in [2.05, 4.69) is 25.9 Å². The number of rotatable bonds is 3. The molecule has 2 atom stereocenters. The minimum Gasteiger partial charge on any atom is -0.323 e. The van der Waals surface area contributed by atoms with Crippen molar-refractivity contribution in [3.63, 3.8) is 0 Å². The molecule has 0 heterocycles. The standard InChI is InChI=1S/C13H26N2/c1-10-6-5-9-13(3,4)12(10)8-7-11(2)15-14/h10,12H,5-9,14H2,1-4H3/b15-11-. The van der Waals surface area contributed by atoms with Crippen molar-refractivity contribution in [2.75, 3.05) is 0 Å². The van der Waals surface area contributed by atoms with Crippen LogP contribution < -0.4 is 5.84 Å². The summed E-state index contributed by atoms with van der Waals surface area (Å²) in [5, 5.41) is 3.76. The van der Waals surface area contributed by atoms with Gasteiger partial charge in [0.15, 0.2) is 0 Å². The third-order valence-corrected chi connectivity index (χ3v) is 4.21. The molecule has 0 aliphatic heterocycles. The molecule has 2 N–H and O–H groups in total. The highest BCUT2D eigenvalue weighted by molar-refractivity contribution is 5.81. The highest BCUT2D eigenvalue weighted by Gasteiger charge is 2.36. The van der Waals surface area contributed by atoms with Gasteiger partial charge in [0.1, 0.15) is 0 Å². The Bertz CT molecular complexity index is 231. The highest BCUT2D eigenvalue weighted by atomic mass is 15.1. The van der Waals surface area contributed by atoms with Crippen LogP contribution >= 0.6 is 0 Å². The average molecular weight is 210 g/mol. The number of hydrogen-bond donors (Lipinski definition) is 1. The normalized spacial score (nSPS) is 31.6. The van der Waals surface area contributed by atoms with Crippen molar-refractivity contribution in [1.82, 2.24) is 0 Å². The zero-order chi connectivity index (χ0) is 11.5. The molecule has 1 rings (SSSR count). The molecule has 0 spiro atoms. The van der Waals surface area contributed by atoms with Crippen LogP contribution in [0.4, 0.5) is 0 Å². The SMILES string of the molecule is C/C(CCC1C(C)CCCC1(C)C)=N/N. The molecule has 0 amide bonds. The maximum absolute atomic E-state index is 5.28. The second-order valence-electron chi connectivity index (χ2n) is 5.87. The van der Waals surface area contributed by atoms with Crippen molar-refractivity contribution in [1.29, 1.82) is 0 Å². The van der Waals surface area contributed by atoms with E-state index in [1.807, 2.05) is 6.92 Å². The minimum absolute atomic E-state index is 0.506. The van der Waals surface area contributed by atoms with Gasteiger partial charge in [-0.15, -0.1) is 0 Å². The van der Waals surface area contributed by atoms with Crippen molar-refractivity contribution >= 4 is 5.71 Å². The summed E-state index contributed by atoms with van der Waals surface area (Å²) in [5.74, 6) is 6.97. The second-order valence-corrected chi connectivity index (χ2v) is 5.87. The molecule has 0 bridgehead atoms. The average Bonchev–Trinajstić information content (AvgIpc) is 2.15. The summed E-state index contributed by atoms with van der Waals surface area (Å²) in [5.41, 5.74) is 1.59. The summed E-state index contributed by atoms with van der Waals surface area (Å²) in [7, 11) is 0. The molecule has 15 heavy (non-hydrogen) atoms. The predicted molar refractivity (Wildman–Crippen MR) is 66.8 cm³/mol. The van der Waals surface area contributed by atoms with Gasteiger partial charge in [-0.1, -0.05) is 33.6 Å². The van der Waals surface area contributed by atoms with E-state index in [0.717, 1.165) is 24.0 Å². The summed E-state index contributed by atoms with van der Waals surface area (Å²) in [6, 6.07) is 0. The monoisotopic (exact) mass is 210 g/mol. The fourth-order valence-electron chi connectivity index (χ4n) is 3.14. The summed E-state index contributed by atoms with van der Waals surface area (Å²) in [6.07, 6.45) is 6.48. The maximum atomic E-state index is 5.28. The smallest absolute Gasteiger partial charge is 0.0345 e. The Morgan fingerprint density at radius 3 is 2.67 bits per heavy atom. The molecule has 2 nitrogen and oxygen atoms in total. The molecule has 0 aromatic rings. The van der Waals surface area contributed by atoms with Crippen LogP contribution in [-0.2, 0) is 0 Å². The van der Waals surface area contributed by atoms with Gasteiger partial charge < -0.3 is 5.84 Å². The maximum Gasteiger partial charge on any atom is 0.0345 e. The van der Waals surface area contributed by atoms with Gasteiger partial charge in [0.05, 0.1) is 0 Å². The molecular formula is C13H26N2. The molecule has 1 saturated carbocycles. The summed E-state index contributed by atoms with van der Waals surface area (Å²) in [4.78, 5) is 0. The number of nitrogens with two attached hydrogens (primary N) is 1. The number of nitrogens with zero attached hydrogens (tertiary/aromatic N) is 1. The quantitative estimate of drug-likeness (QED) is 0.432. The summed E-state index contributed by atoms with van der Waals surface area (Å²) >= 11 is 0.